The third-order valence-corrected chi connectivity index (χ3v) is 3.74. The predicted molar refractivity (Wildman–Crippen MR) is 79.9 cm³/mol. The maximum atomic E-state index is 12.4. The van der Waals surface area contributed by atoms with E-state index in [1.54, 1.807) is 6.92 Å². The van der Waals surface area contributed by atoms with Crippen molar-refractivity contribution in [2.75, 3.05) is 12.4 Å². The standard InChI is InChI=1S/C14H19FN4O4/c1-7-6-9(16)18-13(22)19(7)12-14(17,4-3-5-15)11(21)10(23-12)8(2)20/h6,8,10-12,20-21H,5,17H2,1-2H3,(H2,16,18,22)/t8-,10-,11+,12-,14?/m1/s1. The fourth-order valence-electron chi connectivity index (χ4n) is 2.64. The van der Waals surface area contributed by atoms with Crippen molar-refractivity contribution in [3.63, 3.8) is 0 Å². The van der Waals surface area contributed by atoms with E-state index in [2.05, 4.69) is 16.8 Å². The second-order valence-corrected chi connectivity index (χ2v) is 5.48. The van der Waals surface area contributed by atoms with E-state index in [1.807, 2.05) is 0 Å². The van der Waals surface area contributed by atoms with Crippen LogP contribution in [0.4, 0.5) is 10.2 Å². The summed E-state index contributed by atoms with van der Waals surface area (Å²) in [6, 6.07) is 1.43. The van der Waals surface area contributed by atoms with Crippen LogP contribution in [0.2, 0.25) is 0 Å². The van der Waals surface area contributed by atoms with Crippen LogP contribution < -0.4 is 17.2 Å². The van der Waals surface area contributed by atoms with Gasteiger partial charge in [0.2, 0.25) is 0 Å². The average Bonchev–Trinajstić information content (AvgIpc) is 2.70. The van der Waals surface area contributed by atoms with Crippen molar-refractivity contribution in [1.29, 1.82) is 0 Å². The smallest absolute Gasteiger partial charge is 0.351 e. The van der Waals surface area contributed by atoms with Crippen molar-refractivity contribution in [3.8, 4) is 11.8 Å². The maximum Gasteiger partial charge on any atom is 0.351 e. The lowest BCUT2D eigenvalue weighted by Crippen LogP contribution is -2.55. The summed E-state index contributed by atoms with van der Waals surface area (Å²) < 4.78 is 19.1. The molecule has 1 aliphatic rings. The van der Waals surface area contributed by atoms with E-state index in [0.29, 0.717) is 5.69 Å². The van der Waals surface area contributed by atoms with Crippen LogP contribution >= 0.6 is 0 Å². The summed E-state index contributed by atoms with van der Waals surface area (Å²) in [6.45, 7) is 2.00. The Hall–Kier alpha value is -1.99. The first-order valence-electron chi connectivity index (χ1n) is 6.94. The Balaban J connectivity index is 2.61. The molecule has 0 radical (unpaired) electrons. The van der Waals surface area contributed by atoms with Gasteiger partial charge in [0.25, 0.3) is 0 Å². The van der Waals surface area contributed by atoms with Crippen molar-refractivity contribution in [2.45, 2.75) is 43.9 Å². The van der Waals surface area contributed by atoms with Crippen LogP contribution in [0.25, 0.3) is 0 Å². The predicted octanol–water partition coefficient (Wildman–Crippen LogP) is -1.56. The van der Waals surface area contributed by atoms with Crippen molar-refractivity contribution >= 4 is 5.82 Å². The Morgan fingerprint density at radius 3 is 2.83 bits per heavy atom. The van der Waals surface area contributed by atoms with Crippen LogP contribution in [0, 0.1) is 18.8 Å². The first kappa shape index (κ1) is 17.4. The molecule has 2 rings (SSSR count). The van der Waals surface area contributed by atoms with Crippen molar-refractivity contribution < 1.29 is 19.3 Å². The Morgan fingerprint density at radius 2 is 2.30 bits per heavy atom. The van der Waals surface area contributed by atoms with E-state index in [9.17, 15) is 19.4 Å². The minimum absolute atomic E-state index is 0.0202. The normalized spacial score (nSPS) is 31.5. The third kappa shape index (κ3) is 2.94. The molecule has 1 aromatic heterocycles. The number of nitrogens with zero attached hydrogens (tertiary/aromatic N) is 2. The van der Waals surface area contributed by atoms with Gasteiger partial charge in [0, 0.05) is 5.69 Å². The van der Waals surface area contributed by atoms with Gasteiger partial charge in [-0.1, -0.05) is 11.8 Å². The number of alkyl halides is 1. The van der Waals surface area contributed by atoms with Crippen LogP contribution in [-0.4, -0.2) is 50.3 Å². The second kappa shape index (κ2) is 6.25. The molecule has 0 aliphatic carbocycles. The molecule has 5 atom stereocenters. The van der Waals surface area contributed by atoms with Gasteiger partial charge in [0.05, 0.1) is 6.10 Å². The molecule has 0 aromatic carbocycles. The fourth-order valence-corrected chi connectivity index (χ4v) is 2.64. The van der Waals surface area contributed by atoms with E-state index in [-0.39, 0.29) is 5.82 Å². The monoisotopic (exact) mass is 326 g/mol. The van der Waals surface area contributed by atoms with Gasteiger partial charge in [-0.25, -0.2) is 9.18 Å². The van der Waals surface area contributed by atoms with Crippen molar-refractivity contribution in [2.24, 2.45) is 5.73 Å². The molecular weight excluding hydrogens is 307 g/mol. The van der Waals surface area contributed by atoms with Crippen molar-refractivity contribution in [3.05, 3.63) is 22.2 Å². The van der Waals surface area contributed by atoms with Crippen molar-refractivity contribution in [1.82, 2.24) is 9.55 Å². The maximum absolute atomic E-state index is 12.4. The van der Waals surface area contributed by atoms with Gasteiger partial charge in [-0.15, -0.1) is 0 Å². The molecule has 1 aromatic rings. The van der Waals surface area contributed by atoms with E-state index in [0.717, 1.165) is 4.57 Å². The highest BCUT2D eigenvalue weighted by Gasteiger charge is 2.56. The molecule has 23 heavy (non-hydrogen) atoms. The van der Waals surface area contributed by atoms with Gasteiger partial charge in [0.1, 0.15) is 24.7 Å². The second-order valence-electron chi connectivity index (χ2n) is 5.48. The van der Waals surface area contributed by atoms with E-state index in [4.69, 9.17) is 16.2 Å². The van der Waals surface area contributed by atoms with Gasteiger partial charge >= 0.3 is 5.69 Å². The topological polar surface area (TPSA) is 137 Å². The van der Waals surface area contributed by atoms with E-state index in [1.165, 1.54) is 13.0 Å². The summed E-state index contributed by atoms with van der Waals surface area (Å²) in [6.07, 6.45) is -4.86. The number of aliphatic hydroxyl groups is 2. The van der Waals surface area contributed by atoms with Crippen LogP contribution in [0.5, 0.6) is 0 Å². The minimum Gasteiger partial charge on any atom is -0.391 e. The molecule has 2 heterocycles. The summed E-state index contributed by atoms with van der Waals surface area (Å²) in [5.74, 6) is 4.57. The van der Waals surface area contributed by atoms with Gasteiger partial charge < -0.3 is 26.4 Å². The summed E-state index contributed by atoms with van der Waals surface area (Å²) in [5, 5.41) is 20.1. The van der Waals surface area contributed by atoms with Gasteiger partial charge in [0.15, 0.2) is 11.8 Å². The molecule has 6 N–H and O–H groups in total. The summed E-state index contributed by atoms with van der Waals surface area (Å²) in [5.41, 5.74) is 9.48. The Bertz CT molecular complexity index is 711. The van der Waals surface area contributed by atoms with Gasteiger partial charge in [-0.05, 0) is 19.9 Å². The van der Waals surface area contributed by atoms with E-state index >= 15 is 0 Å². The number of nitrogens with two attached hydrogens (primary N) is 2. The zero-order valence-electron chi connectivity index (χ0n) is 12.7. The zero-order valence-corrected chi connectivity index (χ0v) is 12.7. The summed E-state index contributed by atoms with van der Waals surface area (Å²) in [7, 11) is 0. The van der Waals surface area contributed by atoms with Crippen LogP contribution in [0.1, 0.15) is 18.8 Å². The number of nitrogen functional groups attached to an aromatic ring is 1. The number of hydrogen-bond acceptors (Lipinski definition) is 7. The summed E-state index contributed by atoms with van der Waals surface area (Å²) in [4.78, 5) is 15.8. The fraction of sp³-hybridized carbons (Fsp3) is 0.571. The van der Waals surface area contributed by atoms with Gasteiger partial charge in [-0.3, -0.25) is 4.57 Å². The largest absolute Gasteiger partial charge is 0.391 e. The quantitative estimate of drug-likeness (QED) is 0.483. The van der Waals surface area contributed by atoms with Crippen LogP contribution in [0.3, 0.4) is 0 Å². The number of aliphatic hydroxyl groups excluding tert-OH is 2. The molecule has 1 fully saturated rings. The highest BCUT2D eigenvalue weighted by molar-refractivity contribution is 5.31. The lowest BCUT2D eigenvalue weighted by molar-refractivity contribution is -0.0783. The highest BCUT2D eigenvalue weighted by Crippen LogP contribution is 2.37. The zero-order chi connectivity index (χ0) is 17.4. The molecule has 1 saturated heterocycles. The lowest BCUT2D eigenvalue weighted by atomic mass is 9.90. The Kier molecular flexibility index (Phi) is 4.72. The number of halogens is 1. The molecule has 0 bridgehead atoms. The number of anilines is 1. The summed E-state index contributed by atoms with van der Waals surface area (Å²) >= 11 is 0. The average molecular weight is 326 g/mol. The lowest BCUT2D eigenvalue weighted by Gasteiger charge is -2.29. The molecule has 1 unspecified atom stereocenters. The molecule has 0 amide bonds. The highest BCUT2D eigenvalue weighted by atomic mass is 19.1. The number of hydrogen-bond donors (Lipinski definition) is 4. The molecule has 1 aliphatic heterocycles. The Morgan fingerprint density at radius 1 is 1.65 bits per heavy atom. The minimum atomic E-state index is -1.79. The number of rotatable bonds is 2. The number of aryl methyl sites for hydroxylation is 1. The first-order valence-corrected chi connectivity index (χ1v) is 6.94. The van der Waals surface area contributed by atoms with Gasteiger partial charge in [-0.2, -0.15) is 4.98 Å². The molecule has 126 valence electrons. The molecular formula is C14H19FN4O4. The van der Waals surface area contributed by atoms with E-state index < -0.39 is 42.4 Å². The number of ether oxygens (including phenoxy) is 1. The Labute approximate surface area is 131 Å². The first-order chi connectivity index (χ1) is 10.7. The number of aromatic nitrogens is 2. The molecule has 0 saturated carbocycles. The molecule has 0 spiro atoms. The van der Waals surface area contributed by atoms with Crippen LogP contribution in [-0.2, 0) is 4.74 Å². The third-order valence-electron chi connectivity index (χ3n) is 3.74. The molecule has 9 heteroatoms. The molecule has 8 nitrogen and oxygen atoms in total. The van der Waals surface area contributed by atoms with Crippen LogP contribution in [0.15, 0.2) is 10.9 Å². The SMILES string of the molecule is Cc1cc(N)nc(=O)n1[C@@H]1O[C@H]([C@@H](C)O)[C@H](O)C1(N)C#CCF.